The molecule has 178 valence electrons. The van der Waals surface area contributed by atoms with Gasteiger partial charge in [-0.15, -0.1) is 11.3 Å². The number of thiophene rings is 1. The van der Waals surface area contributed by atoms with E-state index in [1.807, 2.05) is 32.0 Å². The van der Waals surface area contributed by atoms with Crippen LogP contribution in [0.4, 0.5) is 0 Å². The Kier molecular flexibility index (Phi) is 7.49. The van der Waals surface area contributed by atoms with Gasteiger partial charge >= 0.3 is 5.97 Å². The molecule has 1 aliphatic rings. The molecule has 6 heteroatoms. The standard InChI is InChI=1S/C28H31NO4S/c1-17-24(26(33-3)21-11-9-20(10-12-21)19-7-5-4-6-8-19)25(18(2)34-17)27(30)29-23-15-13-22(14-16-23)28(31)32/h4-12,22-23,26H,13-16H2,1-3H3,(H,29,30)(H,31,32). The zero-order chi connectivity index (χ0) is 24.2. The van der Waals surface area contributed by atoms with E-state index in [9.17, 15) is 14.7 Å². The van der Waals surface area contributed by atoms with Crippen molar-refractivity contribution in [2.45, 2.75) is 51.7 Å². The summed E-state index contributed by atoms with van der Waals surface area (Å²) in [4.78, 5) is 26.7. The zero-order valence-electron chi connectivity index (χ0n) is 19.8. The molecule has 1 amide bonds. The molecule has 4 rings (SSSR count). The average molecular weight is 478 g/mol. The van der Waals surface area contributed by atoms with Gasteiger partial charge in [0.05, 0.1) is 11.5 Å². The predicted octanol–water partition coefficient (Wildman–Crippen LogP) is 6.14. The Balaban J connectivity index is 1.57. The van der Waals surface area contributed by atoms with E-state index in [0.717, 1.165) is 32.0 Å². The maximum absolute atomic E-state index is 13.4. The minimum absolute atomic E-state index is 0.00158. The average Bonchev–Trinajstić information content (AvgIpc) is 3.14. The second-order valence-electron chi connectivity index (χ2n) is 8.97. The molecule has 2 aromatic carbocycles. The topological polar surface area (TPSA) is 75.6 Å². The van der Waals surface area contributed by atoms with Crippen LogP contribution in [0, 0.1) is 19.8 Å². The highest BCUT2D eigenvalue weighted by atomic mass is 32.1. The summed E-state index contributed by atoms with van der Waals surface area (Å²) < 4.78 is 5.94. The lowest BCUT2D eigenvalue weighted by atomic mass is 9.86. The molecule has 3 aromatic rings. The Morgan fingerprint density at radius 1 is 0.941 bits per heavy atom. The van der Waals surface area contributed by atoms with Crippen LogP contribution in [0.5, 0.6) is 0 Å². The fourth-order valence-corrected chi connectivity index (χ4v) is 6.03. The van der Waals surface area contributed by atoms with Gasteiger partial charge in [0, 0.05) is 28.5 Å². The molecule has 0 spiro atoms. The lowest BCUT2D eigenvalue weighted by Gasteiger charge is -2.27. The number of carboxylic acid groups (broad SMARTS) is 1. The first-order valence-electron chi connectivity index (χ1n) is 11.7. The maximum Gasteiger partial charge on any atom is 0.306 e. The summed E-state index contributed by atoms with van der Waals surface area (Å²) >= 11 is 1.61. The van der Waals surface area contributed by atoms with Gasteiger partial charge in [-0.05, 0) is 56.2 Å². The molecular formula is C28H31NO4S. The third-order valence-electron chi connectivity index (χ3n) is 6.76. The number of ether oxygens (including phenoxy) is 1. The number of hydrogen-bond donors (Lipinski definition) is 2. The van der Waals surface area contributed by atoms with E-state index in [1.54, 1.807) is 18.4 Å². The fraction of sp³-hybridized carbons (Fsp3) is 0.357. The summed E-state index contributed by atoms with van der Waals surface area (Å²) in [7, 11) is 1.68. The summed E-state index contributed by atoms with van der Waals surface area (Å²) in [6, 6.07) is 18.5. The SMILES string of the molecule is COC(c1ccc(-c2ccccc2)cc1)c1c(C)sc(C)c1C(=O)NC1CCC(C(=O)O)CC1. The van der Waals surface area contributed by atoms with Gasteiger partial charge < -0.3 is 15.2 Å². The van der Waals surface area contributed by atoms with Crippen LogP contribution in [0.1, 0.15) is 63.0 Å². The summed E-state index contributed by atoms with van der Waals surface area (Å²) in [6.07, 6.45) is 2.23. The van der Waals surface area contributed by atoms with Crippen LogP contribution in [0.2, 0.25) is 0 Å². The van der Waals surface area contributed by atoms with Crippen LogP contribution < -0.4 is 5.32 Å². The fourth-order valence-electron chi connectivity index (χ4n) is 4.94. The molecule has 1 aliphatic carbocycles. The Bertz CT molecular complexity index is 1150. The smallest absolute Gasteiger partial charge is 0.306 e. The molecule has 1 heterocycles. The molecule has 0 saturated heterocycles. The summed E-state index contributed by atoms with van der Waals surface area (Å²) in [5.74, 6) is -1.14. The quantitative estimate of drug-likeness (QED) is 0.428. The van der Waals surface area contributed by atoms with Gasteiger partial charge in [-0.1, -0.05) is 54.6 Å². The summed E-state index contributed by atoms with van der Waals surface area (Å²) in [5.41, 5.74) is 4.88. The highest BCUT2D eigenvalue weighted by Gasteiger charge is 2.31. The molecule has 1 aromatic heterocycles. The number of amides is 1. The first-order valence-corrected chi connectivity index (χ1v) is 12.5. The number of rotatable bonds is 7. The Labute approximate surface area is 204 Å². The van der Waals surface area contributed by atoms with E-state index in [4.69, 9.17) is 4.74 Å². The molecule has 1 saturated carbocycles. The van der Waals surface area contributed by atoms with Gasteiger partial charge in [-0.2, -0.15) is 0 Å². The van der Waals surface area contributed by atoms with Gasteiger partial charge in [0.2, 0.25) is 0 Å². The van der Waals surface area contributed by atoms with E-state index in [2.05, 4.69) is 41.7 Å². The highest BCUT2D eigenvalue weighted by molar-refractivity contribution is 7.12. The number of aliphatic carboxylic acids is 1. The molecule has 34 heavy (non-hydrogen) atoms. The van der Waals surface area contributed by atoms with E-state index < -0.39 is 5.97 Å². The van der Waals surface area contributed by atoms with Crippen LogP contribution in [0.15, 0.2) is 54.6 Å². The molecule has 2 N–H and O–H groups in total. The summed E-state index contributed by atoms with van der Waals surface area (Å²) in [5, 5.41) is 12.4. The van der Waals surface area contributed by atoms with Gasteiger partial charge in [-0.3, -0.25) is 9.59 Å². The molecular weight excluding hydrogens is 446 g/mol. The monoisotopic (exact) mass is 477 g/mol. The highest BCUT2D eigenvalue weighted by Crippen LogP contribution is 2.38. The Hall–Kier alpha value is -2.96. The second-order valence-corrected chi connectivity index (χ2v) is 10.4. The zero-order valence-corrected chi connectivity index (χ0v) is 20.7. The third-order valence-corrected chi connectivity index (χ3v) is 7.80. The summed E-state index contributed by atoms with van der Waals surface area (Å²) in [6.45, 7) is 4.01. The van der Waals surface area contributed by atoms with Gasteiger partial charge in [-0.25, -0.2) is 0 Å². The lowest BCUT2D eigenvalue weighted by Crippen LogP contribution is -2.39. The van der Waals surface area contributed by atoms with Crippen molar-refractivity contribution < 1.29 is 19.4 Å². The lowest BCUT2D eigenvalue weighted by molar-refractivity contribution is -0.142. The minimum Gasteiger partial charge on any atom is -0.481 e. The van der Waals surface area contributed by atoms with Crippen molar-refractivity contribution in [2.75, 3.05) is 7.11 Å². The van der Waals surface area contributed by atoms with Crippen LogP contribution in [0.25, 0.3) is 11.1 Å². The molecule has 1 unspecified atom stereocenters. The van der Waals surface area contributed by atoms with Crippen molar-refractivity contribution >= 4 is 23.2 Å². The van der Waals surface area contributed by atoms with Gasteiger partial charge in [0.25, 0.3) is 5.91 Å². The first kappa shape index (κ1) is 24.2. The molecule has 0 bridgehead atoms. The first-order chi connectivity index (χ1) is 16.4. The largest absolute Gasteiger partial charge is 0.481 e. The predicted molar refractivity (Wildman–Crippen MR) is 135 cm³/mol. The maximum atomic E-state index is 13.4. The van der Waals surface area contributed by atoms with Crippen LogP contribution in [-0.4, -0.2) is 30.1 Å². The number of benzene rings is 2. The molecule has 1 atom stereocenters. The number of aryl methyl sites for hydroxylation is 2. The molecule has 1 fully saturated rings. The normalized spacial score (nSPS) is 18.9. The van der Waals surface area contributed by atoms with Crippen molar-refractivity contribution in [1.29, 1.82) is 0 Å². The van der Waals surface area contributed by atoms with Gasteiger partial charge in [0.15, 0.2) is 0 Å². The molecule has 0 aliphatic heterocycles. The van der Waals surface area contributed by atoms with Crippen molar-refractivity contribution in [3.05, 3.63) is 81.0 Å². The van der Waals surface area contributed by atoms with E-state index in [1.165, 1.54) is 0 Å². The van der Waals surface area contributed by atoms with E-state index >= 15 is 0 Å². The minimum atomic E-state index is -0.738. The van der Waals surface area contributed by atoms with Gasteiger partial charge in [0.1, 0.15) is 6.10 Å². The number of carbonyl (C=O) groups is 2. The van der Waals surface area contributed by atoms with Crippen molar-refractivity contribution in [3.63, 3.8) is 0 Å². The van der Waals surface area contributed by atoms with Crippen LogP contribution >= 0.6 is 11.3 Å². The third kappa shape index (κ3) is 5.08. The van der Waals surface area contributed by atoms with E-state index in [-0.39, 0.29) is 24.0 Å². The Morgan fingerprint density at radius 2 is 1.56 bits per heavy atom. The van der Waals surface area contributed by atoms with E-state index in [0.29, 0.717) is 31.2 Å². The van der Waals surface area contributed by atoms with Crippen molar-refractivity contribution in [1.82, 2.24) is 5.32 Å². The van der Waals surface area contributed by atoms with Crippen molar-refractivity contribution in [3.8, 4) is 11.1 Å². The number of nitrogens with one attached hydrogen (secondary N) is 1. The number of hydrogen-bond acceptors (Lipinski definition) is 4. The number of methoxy groups -OCH3 is 1. The van der Waals surface area contributed by atoms with Crippen LogP contribution in [-0.2, 0) is 9.53 Å². The second kappa shape index (κ2) is 10.5. The number of carboxylic acids is 1. The van der Waals surface area contributed by atoms with Crippen LogP contribution in [0.3, 0.4) is 0 Å². The van der Waals surface area contributed by atoms with Crippen molar-refractivity contribution in [2.24, 2.45) is 5.92 Å². The number of carbonyl (C=O) groups excluding carboxylic acids is 1. The molecule has 5 nitrogen and oxygen atoms in total. The Morgan fingerprint density at radius 3 is 2.15 bits per heavy atom. The molecule has 0 radical (unpaired) electrons.